The summed E-state index contributed by atoms with van der Waals surface area (Å²) in [6, 6.07) is 0. The number of carbonyl (C=O) groups excluding carboxylic acids is 1. The smallest absolute Gasteiger partial charge is 0.211 e. The molecule has 2 aromatic rings. The van der Waals surface area contributed by atoms with Crippen LogP contribution in [-0.2, 0) is 0 Å². The Hall–Kier alpha value is -4.15. The van der Waals surface area contributed by atoms with Gasteiger partial charge in [0.15, 0.2) is 28.8 Å². The van der Waals surface area contributed by atoms with Gasteiger partial charge in [-0.2, -0.15) is 0 Å². The minimum atomic E-state index is -0.642. The van der Waals surface area contributed by atoms with E-state index in [1.54, 1.807) is 0 Å². The van der Waals surface area contributed by atoms with Gasteiger partial charge in [-0.1, -0.05) is 0 Å². The van der Waals surface area contributed by atoms with E-state index < -0.39 is 11.5 Å². The van der Waals surface area contributed by atoms with Gasteiger partial charge >= 0.3 is 0 Å². The Morgan fingerprint density at radius 2 is 0.829 bits per heavy atom. The van der Waals surface area contributed by atoms with Crippen LogP contribution in [-0.4, -0.2) is 74.9 Å². The molecule has 35 heavy (non-hydrogen) atoms. The number of hydrogen-bond acceptors (Lipinski definition) is 11. The minimum absolute atomic E-state index is 0.0406. The van der Waals surface area contributed by atoms with Crippen molar-refractivity contribution in [1.82, 2.24) is 0 Å². The molecule has 0 aliphatic rings. The second-order valence-electron chi connectivity index (χ2n) is 6.63. The maximum atomic E-state index is 13.3. The van der Waals surface area contributed by atoms with Crippen LogP contribution < -0.4 is 42.6 Å². The molecule has 11 nitrogen and oxygen atoms in total. The van der Waals surface area contributed by atoms with Crippen molar-refractivity contribution in [3.05, 3.63) is 17.2 Å². The number of phenols is 1. The zero-order valence-electron chi connectivity index (χ0n) is 21.2. The molecule has 0 atom stereocenters. The predicted molar refractivity (Wildman–Crippen MR) is 127 cm³/mol. The summed E-state index contributed by atoms with van der Waals surface area (Å²) in [4.78, 5) is 13.3. The topological polar surface area (TPSA) is 120 Å². The van der Waals surface area contributed by atoms with E-state index in [9.17, 15) is 9.90 Å². The second kappa shape index (κ2) is 11.8. The third-order valence-corrected chi connectivity index (χ3v) is 5.10. The largest absolute Gasteiger partial charge is 0.504 e. The normalized spacial score (nSPS) is 10.5. The number of methoxy groups -OCH3 is 9. The molecule has 0 bridgehead atoms. The van der Waals surface area contributed by atoms with E-state index >= 15 is 0 Å². The number of hydrogen-bond donors (Lipinski definition) is 1. The Labute approximate surface area is 203 Å². The lowest BCUT2D eigenvalue weighted by Gasteiger charge is -2.21. The molecule has 0 unspecified atom stereocenters. The number of benzene rings is 2. The molecule has 1 N–H and O–H groups in total. The molecular formula is C24H30O11. The van der Waals surface area contributed by atoms with E-state index in [2.05, 4.69) is 0 Å². The van der Waals surface area contributed by atoms with Crippen molar-refractivity contribution >= 4 is 11.9 Å². The number of carbonyl (C=O) groups is 1. The second-order valence-corrected chi connectivity index (χ2v) is 6.63. The number of phenolic OH excluding ortho intramolecular Hbond substituents is 1. The van der Waals surface area contributed by atoms with Crippen molar-refractivity contribution < 1.29 is 52.5 Å². The number of rotatable bonds is 12. The van der Waals surface area contributed by atoms with Gasteiger partial charge in [-0.15, -0.1) is 0 Å². The fourth-order valence-electron chi connectivity index (χ4n) is 3.64. The number of aromatic hydroxyl groups is 1. The van der Waals surface area contributed by atoms with Crippen molar-refractivity contribution in [1.29, 1.82) is 0 Å². The Morgan fingerprint density at radius 1 is 0.514 bits per heavy atom. The van der Waals surface area contributed by atoms with Gasteiger partial charge in [-0.3, -0.25) is 4.79 Å². The molecule has 11 heteroatoms. The third kappa shape index (κ3) is 4.61. The zero-order valence-corrected chi connectivity index (χ0v) is 21.2. The van der Waals surface area contributed by atoms with Crippen LogP contribution in [0.25, 0.3) is 6.08 Å². The Bertz CT molecular complexity index is 1070. The SMILES string of the molecule is COc1c(O)c(C(=O)C=Cc2c(OC)c(OC)c(OC)c(OC)c2OC)c(OC)c(OC)c1OC. The lowest BCUT2D eigenvalue weighted by Crippen LogP contribution is -2.06. The van der Waals surface area contributed by atoms with Crippen molar-refractivity contribution in [2.24, 2.45) is 0 Å². The number of allylic oxidation sites excluding steroid dienone is 1. The lowest BCUT2D eigenvalue weighted by molar-refractivity contribution is 0.104. The van der Waals surface area contributed by atoms with E-state index in [-0.39, 0.29) is 57.3 Å². The molecule has 0 aliphatic carbocycles. The van der Waals surface area contributed by atoms with Crippen LogP contribution in [0.3, 0.4) is 0 Å². The van der Waals surface area contributed by atoms with Gasteiger partial charge in [0.05, 0.1) is 69.6 Å². The standard InChI is InChI=1S/C24H30O11/c1-27-16-12(17(28-2)21(32-6)24(35-9)20(16)31-5)10-11-13(25)14-15(26)19(30-4)23(34-8)22(33-7)18(14)29-3/h10-11,26H,1-9H3. The molecule has 192 valence electrons. The highest BCUT2D eigenvalue weighted by Crippen LogP contribution is 2.55. The predicted octanol–water partition coefficient (Wildman–Crippen LogP) is 3.37. The molecule has 2 aromatic carbocycles. The quantitative estimate of drug-likeness (QED) is 0.345. The Kier molecular flexibility index (Phi) is 9.15. The molecule has 0 amide bonds. The summed E-state index contributed by atoms with van der Waals surface area (Å²) in [6.07, 6.45) is 2.61. The van der Waals surface area contributed by atoms with Crippen LogP contribution in [0.2, 0.25) is 0 Å². The molecule has 0 aromatic heterocycles. The van der Waals surface area contributed by atoms with E-state index in [1.807, 2.05) is 0 Å². The summed E-state index contributed by atoms with van der Waals surface area (Å²) in [5, 5.41) is 10.8. The Morgan fingerprint density at radius 3 is 1.20 bits per heavy atom. The summed E-state index contributed by atoms with van der Waals surface area (Å²) in [6.45, 7) is 0. The highest BCUT2D eigenvalue weighted by Gasteiger charge is 2.31. The first-order chi connectivity index (χ1) is 16.8. The highest BCUT2D eigenvalue weighted by molar-refractivity contribution is 6.12. The van der Waals surface area contributed by atoms with Crippen molar-refractivity contribution in [3.63, 3.8) is 0 Å². The average Bonchev–Trinajstić information content (AvgIpc) is 2.88. The Balaban J connectivity index is 2.81. The summed E-state index contributed by atoms with van der Waals surface area (Å²) in [5.74, 6) is 0.0430. The maximum Gasteiger partial charge on any atom is 0.211 e. The number of ketones is 1. The van der Waals surface area contributed by atoms with Gasteiger partial charge in [0.25, 0.3) is 0 Å². The van der Waals surface area contributed by atoms with E-state index in [1.165, 1.54) is 76.1 Å². The molecule has 0 heterocycles. The van der Waals surface area contributed by atoms with E-state index in [4.69, 9.17) is 42.6 Å². The van der Waals surface area contributed by atoms with Crippen molar-refractivity contribution in [2.45, 2.75) is 0 Å². The van der Waals surface area contributed by atoms with E-state index in [0.717, 1.165) is 0 Å². The molecule has 0 saturated carbocycles. The molecule has 0 spiro atoms. The number of ether oxygens (including phenoxy) is 9. The monoisotopic (exact) mass is 494 g/mol. The van der Waals surface area contributed by atoms with Crippen molar-refractivity contribution in [3.8, 4) is 57.5 Å². The lowest BCUT2D eigenvalue weighted by atomic mass is 10.0. The van der Waals surface area contributed by atoms with Gasteiger partial charge < -0.3 is 47.7 Å². The third-order valence-electron chi connectivity index (χ3n) is 5.10. The summed E-state index contributed by atoms with van der Waals surface area (Å²) < 4.78 is 48.7. The van der Waals surface area contributed by atoms with Gasteiger partial charge in [-0.05, 0) is 12.2 Å². The fraction of sp³-hybridized carbons (Fsp3) is 0.375. The molecule has 0 saturated heterocycles. The van der Waals surface area contributed by atoms with Crippen LogP contribution >= 0.6 is 0 Å². The van der Waals surface area contributed by atoms with Gasteiger partial charge in [0, 0.05) is 0 Å². The average molecular weight is 494 g/mol. The first kappa shape index (κ1) is 27.1. The first-order valence-corrected chi connectivity index (χ1v) is 10.1. The van der Waals surface area contributed by atoms with Gasteiger partial charge in [0.1, 0.15) is 5.56 Å². The van der Waals surface area contributed by atoms with Crippen LogP contribution in [0.5, 0.6) is 57.5 Å². The van der Waals surface area contributed by atoms with Gasteiger partial charge in [-0.25, -0.2) is 0 Å². The molecule has 0 radical (unpaired) electrons. The maximum absolute atomic E-state index is 13.3. The van der Waals surface area contributed by atoms with Crippen LogP contribution in [0.15, 0.2) is 6.08 Å². The van der Waals surface area contributed by atoms with E-state index in [0.29, 0.717) is 5.56 Å². The molecule has 2 rings (SSSR count). The first-order valence-electron chi connectivity index (χ1n) is 10.1. The molecule has 0 fully saturated rings. The summed E-state index contributed by atoms with van der Waals surface area (Å²) >= 11 is 0. The zero-order chi connectivity index (χ0) is 26.3. The van der Waals surface area contributed by atoms with Crippen LogP contribution in [0, 0.1) is 0 Å². The van der Waals surface area contributed by atoms with Crippen molar-refractivity contribution in [2.75, 3.05) is 64.0 Å². The summed E-state index contributed by atoms with van der Waals surface area (Å²) in [7, 11) is 12.5. The van der Waals surface area contributed by atoms with Crippen LogP contribution in [0.4, 0.5) is 0 Å². The minimum Gasteiger partial charge on any atom is -0.504 e. The summed E-state index contributed by atoms with van der Waals surface area (Å²) in [5.41, 5.74) is 0.118. The van der Waals surface area contributed by atoms with Gasteiger partial charge in [0.2, 0.25) is 34.5 Å². The molecular weight excluding hydrogens is 464 g/mol. The molecule has 0 aliphatic heterocycles. The highest BCUT2D eigenvalue weighted by atomic mass is 16.6. The fourth-order valence-corrected chi connectivity index (χ4v) is 3.64. The van der Waals surface area contributed by atoms with Crippen LogP contribution in [0.1, 0.15) is 15.9 Å².